The average Bonchev–Trinajstić information content (AvgIpc) is 3.47. The fourth-order valence-corrected chi connectivity index (χ4v) is 4.38. The highest BCUT2D eigenvalue weighted by atomic mass is 16.5. The maximum absolute atomic E-state index is 12.6. The van der Waals surface area contributed by atoms with Crippen molar-refractivity contribution in [3.63, 3.8) is 0 Å². The summed E-state index contributed by atoms with van der Waals surface area (Å²) in [5.41, 5.74) is 1.03. The van der Waals surface area contributed by atoms with Gasteiger partial charge in [0.15, 0.2) is 11.7 Å². The Labute approximate surface area is 168 Å². The van der Waals surface area contributed by atoms with Gasteiger partial charge in [0.05, 0.1) is 12.2 Å². The molecule has 28 heavy (non-hydrogen) atoms. The van der Waals surface area contributed by atoms with E-state index < -0.39 is 0 Å². The molecule has 0 bridgehead atoms. The lowest BCUT2D eigenvalue weighted by Crippen LogP contribution is -2.45. The van der Waals surface area contributed by atoms with E-state index in [4.69, 9.17) is 4.52 Å². The minimum Gasteiger partial charge on any atom is -0.359 e. The van der Waals surface area contributed by atoms with Crippen LogP contribution in [0.2, 0.25) is 0 Å². The molecule has 1 saturated carbocycles. The van der Waals surface area contributed by atoms with Gasteiger partial charge in [-0.1, -0.05) is 31.8 Å². The summed E-state index contributed by atoms with van der Waals surface area (Å²) in [5.74, 6) is 2.61. The number of likely N-dealkylation sites (tertiary alicyclic amines) is 1. The van der Waals surface area contributed by atoms with E-state index in [1.807, 2.05) is 11.0 Å². The zero-order valence-corrected chi connectivity index (χ0v) is 17.5. The smallest absolute Gasteiger partial charge is 0.225 e. The zero-order chi connectivity index (χ0) is 19.9. The molecular weight excluding hydrogens is 354 g/mol. The fourth-order valence-electron chi connectivity index (χ4n) is 4.38. The lowest BCUT2D eigenvalue weighted by molar-refractivity contribution is -0.134. The molecule has 0 spiro atoms. The number of carbonyl (C=O) groups is 1. The van der Waals surface area contributed by atoms with Gasteiger partial charge in [0.25, 0.3) is 0 Å². The molecule has 2 fully saturated rings. The van der Waals surface area contributed by atoms with E-state index in [2.05, 4.69) is 34.6 Å². The highest BCUT2D eigenvalue weighted by molar-refractivity contribution is 5.81. The van der Waals surface area contributed by atoms with Crippen LogP contribution in [0.15, 0.2) is 15.6 Å². The van der Waals surface area contributed by atoms with Crippen molar-refractivity contribution in [2.45, 2.75) is 77.3 Å². The van der Waals surface area contributed by atoms with Crippen molar-refractivity contribution in [3.8, 4) is 0 Å². The summed E-state index contributed by atoms with van der Waals surface area (Å²) in [4.78, 5) is 18.9. The van der Waals surface area contributed by atoms with Crippen LogP contribution in [0.25, 0.3) is 0 Å². The molecule has 1 saturated heterocycles. The first-order valence-corrected chi connectivity index (χ1v) is 10.9. The zero-order valence-electron chi connectivity index (χ0n) is 17.5. The van der Waals surface area contributed by atoms with Gasteiger partial charge in [-0.15, -0.1) is 0 Å². The molecule has 1 atom stereocenters. The van der Waals surface area contributed by atoms with E-state index in [1.54, 1.807) is 7.05 Å². The molecule has 156 valence electrons. The second-order valence-electron chi connectivity index (χ2n) is 8.05. The normalized spacial score (nSPS) is 20.9. The predicted octanol–water partition coefficient (Wildman–Crippen LogP) is 3.03. The molecule has 7 heteroatoms. The fraction of sp³-hybridized carbons (Fsp3) is 0.762. The summed E-state index contributed by atoms with van der Waals surface area (Å²) in [5, 5.41) is 11.0. The molecule has 1 aliphatic carbocycles. The predicted molar refractivity (Wildman–Crippen MR) is 110 cm³/mol. The lowest BCUT2D eigenvalue weighted by atomic mass is 9.99. The third-order valence-corrected chi connectivity index (χ3v) is 6.18. The van der Waals surface area contributed by atoms with E-state index in [1.165, 1.54) is 12.8 Å². The minimum atomic E-state index is 0.242. The standard InChI is InChI=1S/C21H35N5O2/c1-4-15(5-2)19-12-18(28-25-19)13-23-21(22-3)24-17-10-11-26(14-17)20(27)16-8-6-7-9-16/h12,15-17H,4-11,13-14H2,1-3H3,(H2,22,23,24). The van der Waals surface area contributed by atoms with E-state index in [-0.39, 0.29) is 12.0 Å². The minimum absolute atomic E-state index is 0.242. The Morgan fingerprint density at radius 1 is 1.32 bits per heavy atom. The highest BCUT2D eigenvalue weighted by Gasteiger charge is 2.32. The Morgan fingerprint density at radius 2 is 2.07 bits per heavy atom. The number of amides is 1. The van der Waals surface area contributed by atoms with Gasteiger partial charge in [-0.25, -0.2) is 0 Å². The lowest BCUT2D eigenvalue weighted by Gasteiger charge is -2.21. The van der Waals surface area contributed by atoms with Gasteiger partial charge >= 0.3 is 0 Å². The Balaban J connectivity index is 1.45. The summed E-state index contributed by atoms with van der Waals surface area (Å²) in [7, 11) is 1.77. The van der Waals surface area contributed by atoms with Crippen molar-refractivity contribution in [2.24, 2.45) is 10.9 Å². The molecule has 1 aliphatic heterocycles. The number of hydrogen-bond donors (Lipinski definition) is 2. The quantitative estimate of drug-likeness (QED) is 0.553. The first-order chi connectivity index (χ1) is 13.6. The number of aromatic nitrogens is 1. The van der Waals surface area contributed by atoms with Crippen molar-refractivity contribution in [1.82, 2.24) is 20.7 Å². The van der Waals surface area contributed by atoms with Crippen LogP contribution in [0.5, 0.6) is 0 Å². The number of hydrogen-bond acceptors (Lipinski definition) is 4. The topological polar surface area (TPSA) is 82.8 Å². The molecule has 1 aromatic heterocycles. The number of nitrogens with one attached hydrogen (secondary N) is 2. The van der Waals surface area contributed by atoms with E-state index >= 15 is 0 Å². The van der Waals surface area contributed by atoms with Gasteiger partial charge in [-0.2, -0.15) is 0 Å². The average molecular weight is 390 g/mol. The number of rotatable bonds is 7. The largest absolute Gasteiger partial charge is 0.359 e. The van der Waals surface area contributed by atoms with Gasteiger partial charge in [0.1, 0.15) is 0 Å². The number of nitrogens with zero attached hydrogens (tertiary/aromatic N) is 3. The Bertz CT molecular complexity index is 662. The first kappa shape index (κ1) is 20.7. The van der Waals surface area contributed by atoms with Gasteiger partial charge in [0, 0.05) is 44.1 Å². The summed E-state index contributed by atoms with van der Waals surface area (Å²) < 4.78 is 5.47. The maximum Gasteiger partial charge on any atom is 0.225 e. The molecule has 2 heterocycles. The molecule has 0 aromatic carbocycles. The van der Waals surface area contributed by atoms with Crippen molar-refractivity contribution in [3.05, 3.63) is 17.5 Å². The number of guanidine groups is 1. The molecule has 3 rings (SSSR count). The third kappa shape index (κ3) is 5.06. The Morgan fingerprint density at radius 3 is 2.75 bits per heavy atom. The van der Waals surface area contributed by atoms with Crippen molar-refractivity contribution < 1.29 is 9.32 Å². The summed E-state index contributed by atoms with van der Waals surface area (Å²) in [6.45, 7) is 6.50. The summed E-state index contributed by atoms with van der Waals surface area (Å²) >= 11 is 0. The van der Waals surface area contributed by atoms with Crippen LogP contribution in [0.3, 0.4) is 0 Å². The van der Waals surface area contributed by atoms with Crippen molar-refractivity contribution in [2.75, 3.05) is 20.1 Å². The first-order valence-electron chi connectivity index (χ1n) is 10.9. The van der Waals surface area contributed by atoms with Crippen LogP contribution in [-0.2, 0) is 11.3 Å². The van der Waals surface area contributed by atoms with E-state index in [0.29, 0.717) is 18.4 Å². The van der Waals surface area contributed by atoms with E-state index in [9.17, 15) is 4.79 Å². The van der Waals surface area contributed by atoms with Crippen LogP contribution in [0, 0.1) is 5.92 Å². The SMILES string of the molecule is CCC(CC)c1cc(CNC(=NC)NC2CCN(C(=O)C3CCCC3)C2)on1. The monoisotopic (exact) mass is 389 g/mol. The molecule has 1 aromatic rings. The van der Waals surface area contributed by atoms with Crippen molar-refractivity contribution >= 4 is 11.9 Å². The van der Waals surface area contributed by atoms with Gasteiger partial charge < -0.3 is 20.1 Å². The Kier molecular flexibility index (Phi) is 7.34. The maximum atomic E-state index is 12.6. The summed E-state index contributed by atoms with van der Waals surface area (Å²) in [6.07, 6.45) is 7.61. The molecule has 2 aliphatic rings. The summed E-state index contributed by atoms with van der Waals surface area (Å²) in [6, 6.07) is 2.28. The van der Waals surface area contributed by atoms with Gasteiger partial charge in [0.2, 0.25) is 5.91 Å². The van der Waals surface area contributed by atoms with Gasteiger partial charge in [-0.05, 0) is 32.1 Å². The number of carbonyl (C=O) groups excluding carboxylic acids is 1. The number of aliphatic imine (C=N–C) groups is 1. The second kappa shape index (κ2) is 9.94. The Hall–Kier alpha value is -2.05. The molecular formula is C21H35N5O2. The molecule has 1 amide bonds. The third-order valence-electron chi connectivity index (χ3n) is 6.18. The van der Waals surface area contributed by atoms with Crippen LogP contribution in [-0.4, -0.2) is 48.1 Å². The second-order valence-corrected chi connectivity index (χ2v) is 8.05. The van der Waals surface area contributed by atoms with Crippen LogP contribution < -0.4 is 10.6 Å². The molecule has 1 unspecified atom stereocenters. The van der Waals surface area contributed by atoms with Crippen LogP contribution in [0.1, 0.15) is 76.2 Å². The van der Waals surface area contributed by atoms with Crippen LogP contribution >= 0.6 is 0 Å². The highest BCUT2D eigenvalue weighted by Crippen LogP contribution is 2.28. The van der Waals surface area contributed by atoms with Gasteiger partial charge in [-0.3, -0.25) is 9.79 Å². The molecule has 2 N–H and O–H groups in total. The molecule has 0 radical (unpaired) electrons. The van der Waals surface area contributed by atoms with E-state index in [0.717, 1.165) is 62.6 Å². The van der Waals surface area contributed by atoms with Crippen LogP contribution in [0.4, 0.5) is 0 Å². The van der Waals surface area contributed by atoms with Crippen molar-refractivity contribution in [1.29, 1.82) is 0 Å². The molecule has 7 nitrogen and oxygen atoms in total.